The first-order chi connectivity index (χ1) is 13.7. The lowest BCUT2D eigenvalue weighted by Gasteiger charge is -2.35. The molecule has 1 aliphatic heterocycles. The van der Waals surface area contributed by atoms with Crippen LogP contribution in [0.25, 0.3) is 0 Å². The van der Waals surface area contributed by atoms with Crippen molar-refractivity contribution in [2.75, 3.05) is 51.1 Å². The third-order valence-electron chi connectivity index (χ3n) is 5.18. The summed E-state index contributed by atoms with van der Waals surface area (Å²) in [6.45, 7) is 13.9. The monoisotopic (exact) mass is 402 g/mol. The van der Waals surface area contributed by atoms with E-state index in [1.807, 2.05) is 44.4 Å². The number of rotatable bonds is 6. The summed E-state index contributed by atoms with van der Waals surface area (Å²) in [6.07, 6.45) is 0. The molecule has 0 atom stereocenters. The van der Waals surface area contributed by atoms with Crippen molar-refractivity contribution < 1.29 is 14.4 Å². The van der Waals surface area contributed by atoms with E-state index in [1.54, 1.807) is 24.3 Å². The van der Waals surface area contributed by atoms with Gasteiger partial charge in [0, 0.05) is 55.9 Å². The van der Waals surface area contributed by atoms with Gasteiger partial charge in [0.2, 0.25) is 11.8 Å². The quantitative estimate of drug-likeness (QED) is 0.792. The number of likely N-dealkylation sites (N-methyl/N-ethyl adjacent to an activating group) is 1. The fourth-order valence-corrected chi connectivity index (χ4v) is 3.21. The molecule has 7 heteroatoms. The van der Waals surface area contributed by atoms with Crippen molar-refractivity contribution in [3.8, 4) is 0 Å². The summed E-state index contributed by atoms with van der Waals surface area (Å²) < 4.78 is 0. The molecule has 29 heavy (non-hydrogen) atoms. The number of carbonyl (C=O) groups is 3. The molecule has 7 nitrogen and oxygen atoms in total. The lowest BCUT2D eigenvalue weighted by atomic mass is 9.95. The first-order valence-electron chi connectivity index (χ1n) is 10.4. The van der Waals surface area contributed by atoms with E-state index in [9.17, 15) is 14.4 Å². The summed E-state index contributed by atoms with van der Waals surface area (Å²) in [5.41, 5.74) is 0.683. The van der Waals surface area contributed by atoms with Gasteiger partial charge in [-0.25, -0.2) is 0 Å². The number of nitrogens with zero attached hydrogens (tertiary/aromatic N) is 3. The number of benzene rings is 1. The Labute approximate surface area is 174 Å². The molecule has 3 amide bonds. The van der Waals surface area contributed by atoms with Crippen LogP contribution in [0.2, 0.25) is 0 Å². The van der Waals surface area contributed by atoms with Crippen LogP contribution in [0.4, 0.5) is 5.69 Å². The van der Waals surface area contributed by atoms with E-state index in [0.29, 0.717) is 44.0 Å². The zero-order valence-corrected chi connectivity index (χ0v) is 18.3. The smallest absolute Gasteiger partial charge is 0.254 e. The van der Waals surface area contributed by atoms with Crippen LogP contribution in [-0.4, -0.2) is 78.2 Å². The number of anilines is 1. The van der Waals surface area contributed by atoms with E-state index >= 15 is 0 Å². The molecule has 0 unspecified atom stereocenters. The van der Waals surface area contributed by atoms with Gasteiger partial charge in [0.1, 0.15) is 0 Å². The number of piperazine rings is 1. The Morgan fingerprint density at radius 2 is 1.66 bits per heavy atom. The van der Waals surface area contributed by atoms with Crippen LogP contribution in [0.15, 0.2) is 24.3 Å². The molecule has 2 rings (SSSR count). The molecular weight excluding hydrogens is 368 g/mol. The zero-order valence-electron chi connectivity index (χ0n) is 18.3. The van der Waals surface area contributed by atoms with Crippen LogP contribution in [-0.2, 0) is 9.59 Å². The van der Waals surface area contributed by atoms with Crippen LogP contribution in [0, 0.1) is 5.41 Å². The summed E-state index contributed by atoms with van der Waals surface area (Å²) in [5, 5.41) is 2.87. The normalized spacial score (nSPS) is 15.1. The van der Waals surface area contributed by atoms with Gasteiger partial charge in [0.15, 0.2) is 0 Å². The van der Waals surface area contributed by atoms with Crippen LogP contribution >= 0.6 is 0 Å². The van der Waals surface area contributed by atoms with Crippen molar-refractivity contribution in [2.24, 2.45) is 5.41 Å². The van der Waals surface area contributed by atoms with Gasteiger partial charge < -0.3 is 15.1 Å². The van der Waals surface area contributed by atoms with Crippen LogP contribution in [0.5, 0.6) is 0 Å². The molecule has 1 N–H and O–H groups in total. The van der Waals surface area contributed by atoms with Crippen LogP contribution < -0.4 is 5.32 Å². The molecule has 1 aromatic carbocycles. The summed E-state index contributed by atoms with van der Waals surface area (Å²) >= 11 is 0. The van der Waals surface area contributed by atoms with E-state index in [1.165, 1.54) is 0 Å². The van der Waals surface area contributed by atoms with E-state index in [-0.39, 0.29) is 17.7 Å². The van der Waals surface area contributed by atoms with Gasteiger partial charge in [-0.2, -0.15) is 0 Å². The number of hydrogen-bond acceptors (Lipinski definition) is 4. The van der Waals surface area contributed by atoms with Gasteiger partial charge in [0.05, 0.1) is 6.54 Å². The minimum atomic E-state index is -0.501. The molecule has 0 saturated carbocycles. The fourth-order valence-electron chi connectivity index (χ4n) is 3.21. The maximum absolute atomic E-state index is 12.9. The van der Waals surface area contributed by atoms with Gasteiger partial charge in [-0.15, -0.1) is 0 Å². The van der Waals surface area contributed by atoms with Crippen molar-refractivity contribution in [3.05, 3.63) is 29.8 Å². The largest absolute Gasteiger partial charge is 0.342 e. The van der Waals surface area contributed by atoms with Crippen LogP contribution in [0.3, 0.4) is 0 Å². The minimum absolute atomic E-state index is 0.0495. The van der Waals surface area contributed by atoms with Gasteiger partial charge >= 0.3 is 0 Å². The Kier molecular flexibility index (Phi) is 7.79. The van der Waals surface area contributed by atoms with E-state index in [4.69, 9.17) is 0 Å². The van der Waals surface area contributed by atoms with Gasteiger partial charge in [-0.3, -0.25) is 19.3 Å². The molecular formula is C22H34N4O3. The molecule has 0 aromatic heterocycles. The Bertz CT molecular complexity index is 730. The molecule has 0 radical (unpaired) electrons. The number of carbonyl (C=O) groups excluding carboxylic acids is 3. The van der Waals surface area contributed by atoms with Crippen molar-refractivity contribution in [1.29, 1.82) is 0 Å². The topological polar surface area (TPSA) is 73.0 Å². The second-order valence-corrected chi connectivity index (χ2v) is 8.42. The standard InChI is InChI=1S/C22H34N4O3/c1-6-25(7-2)19(27)16-24-11-13-26(14-12-24)20(28)17-9-8-10-18(15-17)23-21(29)22(3,4)5/h8-10,15H,6-7,11-14,16H2,1-5H3,(H,23,29). The maximum Gasteiger partial charge on any atom is 0.254 e. The first-order valence-corrected chi connectivity index (χ1v) is 10.4. The molecule has 1 fully saturated rings. The van der Waals surface area contributed by atoms with E-state index in [2.05, 4.69) is 10.2 Å². The molecule has 160 valence electrons. The van der Waals surface area contributed by atoms with Crippen molar-refractivity contribution >= 4 is 23.4 Å². The SMILES string of the molecule is CCN(CC)C(=O)CN1CCN(C(=O)c2cccc(NC(=O)C(C)(C)C)c2)CC1. The molecule has 0 aliphatic carbocycles. The average Bonchev–Trinajstić information content (AvgIpc) is 2.68. The Morgan fingerprint density at radius 1 is 1.03 bits per heavy atom. The number of hydrogen-bond donors (Lipinski definition) is 1. The van der Waals surface area contributed by atoms with Gasteiger partial charge in [0.25, 0.3) is 5.91 Å². The average molecular weight is 403 g/mol. The molecule has 1 heterocycles. The summed E-state index contributed by atoms with van der Waals surface area (Å²) in [6, 6.07) is 7.06. The Balaban J connectivity index is 1.93. The second kappa shape index (κ2) is 9.87. The highest BCUT2D eigenvalue weighted by molar-refractivity contribution is 5.98. The lowest BCUT2D eigenvalue weighted by molar-refractivity contribution is -0.132. The molecule has 0 spiro atoms. The number of nitrogens with one attached hydrogen (secondary N) is 1. The number of amides is 3. The second-order valence-electron chi connectivity index (χ2n) is 8.42. The van der Waals surface area contributed by atoms with Crippen LogP contribution in [0.1, 0.15) is 45.0 Å². The molecule has 1 saturated heterocycles. The molecule has 1 aromatic rings. The fraction of sp³-hybridized carbons (Fsp3) is 0.591. The van der Waals surface area contributed by atoms with Gasteiger partial charge in [-0.1, -0.05) is 26.8 Å². The Morgan fingerprint density at radius 3 is 2.21 bits per heavy atom. The summed E-state index contributed by atoms with van der Waals surface area (Å²) in [7, 11) is 0. The first kappa shape index (κ1) is 22.9. The summed E-state index contributed by atoms with van der Waals surface area (Å²) in [4.78, 5) is 43.1. The summed E-state index contributed by atoms with van der Waals surface area (Å²) in [5.74, 6) is -0.00257. The van der Waals surface area contributed by atoms with Crippen molar-refractivity contribution in [1.82, 2.24) is 14.7 Å². The third kappa shape index (κ3) is 6.29. The van der Waals surface area contributed by atoms with E-state index < -0.39 is 5.41 Å². The van der Waals surface area contributed by atoms with Crippen molar-refractivity contribution in [2.45, 2.75) is 34.6 Å². The maximum atomic E-state index is 12.9. The Hall–Kier alpha value is -2.41. The zero-order chi connectivity index (χ0) is 21.6. The highest BCUT2D eigenvalue weighted by Gasteiger charge is 2.25. The predicted molar refractivity (Wildman–Crippen MR) is 115 cm³/mol. The van der Waals surface area contributed by atoms with E-state index in [0.717, 1.165) is 13.1 Å². The lowest BCUT2D eigenvalue weighted by Crippen LogP contribution is -2.51. The third-order valence-corrected chi connectivity index (χ3v) is 5.18. The highest BCUT2D eigenvalue weighted by atomic mass is 16.2. The van der Waals surface area contributed by atoms with Crippen molar-refractivity contribution in [3.63, 3.8) is 0 Å². The highest BCUT2D eigenvalue weighted by Crippen LogP contribution is 2.19. The minimum Gasteiger partial charge on any atom is -0.342 e. The molecule has 0 bridgehead atoms. The van der Waals surface area contributed by atoms with Gasteiger partial charge in [-0.05, 0) is 32.0 Å². The predicted octanol–water partition coefficient (Wildman–Crippen LogP) is 2.30. The molecule has 1 aliphatic rings.